The largest absolute Gasteiger partial charge is 0.441 e. The first kappa shape index (κ1) is 13.6. The lowest BCUT2D eigenvalue weighted by Crippen LogP contribution is -2.43. The van der Waals surface area contributed by atoms with Crippen LogP contribution in [0.5, 0.6) is 0 Å². The smallest absolute Gasteiger partial charge is 0.432 e. The van der Waals surface area contributed by atoms with Crippen LogP contribution >= 0.6 is 0 Å². The highest BCUT2D eigenvalue weighted by Gasteiger charge is 2.61. The number of carbonyl (C=O) groups excluding carboxylic acids is 1. The molecule has 2 nitrogen and oxygen atoms in total. The lowest BCUT2D eigenvalue weighted by atomic mass is 9.87. The van der Waals surface area contributed by atoms with Gasteiger partial charge in [0.15, 0.2) is 0 Å². The third kappa shape index (κ3) is 2.03. The van der Waals surface area contributed by atoms with Crippen LogP contribution in [0, 0.1) is 6.92 Å². The van der Waals surface area contributed by atoms with E-state index in [1.807, 2.05) is 6.92 Å². The first-order valence-electron chi connectivity index (χ1n) is 5.75. The molecule has 1 aromatic rings. The van der Waals surface area contributed by atoms with Crippen molar-refractivity contribution in [3.8, 4) is 0 Å². The van der Waals surface area contributed by atoms with Crippen molar-refractivity contribution in [1.82, 2.24) is 0 Å². The van der Waals surface area contributed by atoms with Gasteiger partial charge in [-0.25, -0.2) is 4.79 Å². The molecule has 0 amide bonds. The molecule has 0 saturated heterocycles. The Morgan fingerprint density at radius 2 is 1.63 bits per heavy atom. The van der Waals surface area contributed by atoms with E-state index >= 15 is 0 Å². The average Bonchev–Trinajstić information content (AvgIpc) is 2.52. The fourth-order valence-corrected chi connectivity index (χ4v) is 2.18. The van der Waals surface area contributed by atoms with Gasteiger partial charge in [-0.1, -0.05) is 29.8 Å². The lowest BCUT2D eigenvalue weighted by Gasteiger charge is -2.29. The van der Waals surface area contributed by atoms with Gasteiger partial charge in [0.2, 0.25) is 5.60 Å². The van der Waals surface area contributed by atoms with Crippen LogP contribution in [0.25, 0.3) is 5.57 Å². The first-order valence-corrected chi connectivity index (χ1v) is 5.75. The van der Waals surface area contributed by atoms with Crippen LogP contribution in [-0.2, 0) is 9.53 Å². The van der Waals surface area contributed by atoms with Crippen LogP contribution in [0.4, 0.5) is 13.2 Å². The number of benzene rings is 1. The summed E-state index contributed by atoms with van der Waals surface area (Å²) in [6, 6.07) is 6.55. The molecule has 19 heavy (non-hydrogen) atoms. The quantitative estimate of drug-likeness (QED) is 0.728. The maximum absolute atomic E-state index is 13.2. The lowest BCUT2D eigenvalue weighted by molar-refractivity contribution is -0.235. The summed E-state index contributed by atoms with van der Waals surface area (Å²) in [6.45, 7) is 4.08. The maximum Gasteiger partial charge on any atom is 0.432 e. The SMILES string of the molecule is CC1=C(c2ccc(C)cc2)C(C)(C(F)(F)F)OC1=O. The van der Waals surface area contributed by atoms with E-state index in [0.29, 0.717) is 5.56 Å². The number of halogens is 3. The minimum absolute atomic E-state index is 0.00341. The van der Waals surface area contributed by atoms with Gasteiger partial charge in [-0.15, -0.1) is 0 Å². The van der Waals surface area contributed by atoms with E-state index in [2.05, 4.69) is 4.74 Å². The minimum atomic E-state index is -4.65. The Morgan fingerprint density at radius 3 is 2.11 bits per heavy atom. The monoisotopic (exact) mass is 270 g/mol. The molecule has 1 aliphatic heterocycles. The molecule has 1 aromatic carbocycles. The molecule has 1 aliphatic rings. The number of aryl methyl sites for hydroxylation is 1. The van der Waals surface area contributed by atoms with Gasteiger partial charge in [0, 0.05) is 11.1 Å². The molecular weight excluding hydrogens is 257 g/mol. The van der Waals surface area contributed by atoms with E-state index in [0.717, 1.165) is 12.5 Å². The Morgan fingerprint density at radius 1 is 1.11 bits per heavy atom. The molecule has 1 unspecified atom stereocenters. The highest BCUT2D eigenvalue weighted by Crippen LogP contribution is 2.49. The predicted molar refractivity (Wildman–Crippen MR) is 64.3 cm³/mol. The number of carbonyl (C=O) groups is 1. The van der Waals surface area contributed by atoms with E-state index in [1.165, 1.54) is 6.92 Å². The normalized spacial score (nSPS) is 23.8. The fraction of sp³-hybridized carbons (Fsp3) is 0.357. The van der Waals surface area contributed by atoms with Gasteiger partial charge in [0.1, 0.15) is 0 Å². The van der Waals surface area contributed by atoms with Gasteiger partial charge in [0.25, 0.3) is 0 Å². The molecule has 102 valence electrons. The summed E-state index contributed by atoms with van der Waals surface area (Å²) < 4.78 is 44.2. The number of alkyl halides is 3. The summed E-state index contributed by atoms with van der Waals surface area (Å²) >= 11 is 0. The van der Waals surface area contributed by atoms with Crippen LogP contribution < -0.4 is 0 Å². The van der Waals surface area contributed by atoms with Crippen LogP contribution in [0.3, 0.4) is 0 Å². The Bertz CT molecular complexity index is 555. The second kappa shape index (κ2) is 4.11. The predicted octanol–water partition coefficient (Wildman–Crippen LogP) is 3.65. The molecule has 0 saturated carbocycles. The molecule has 0 aromatic heterocycles. The summed E-state index contributed by atoms with van der Waals surface area (Å²) in [5.41, 5.74) is -1.40. The van der Waals surface area contributed by atoms with E-state index in [4.69, 9.17) is 0 Å². The summed E-state index contributed by atoms with van der Waals surface area (Å²) in [7, 11) is 0. The van der Waals surface area contributed by atoms with Crippen molar-refractivity contribution in [2.75, 3.05) is 0 Å². The van der Waals surface area contributed by atoms with Crippen molar-refractivity contribution >= 4 is 11.5 Å². The Hall–Kier alpha value is -1.78. The molecule has 5 heteroatoms. The highest BCUT2D eigenvalue weighted by atomic mass is 19.4. The van der Waals surface area contributed by atoms with Gasteiger partial charge >= 0.3 is 12.1 Å². The summed E-state index contributed by atoms with van der Waals surface area (Å²) in [5, 5.41) is 0. The van der Waals surface area contributed by atoms with Gasteiger partial charge < -0.3 is 4.74 Å². The van der Waals surface area contributed by atoms with E-state index in [1.54, 1.807) is 24.3 Å². The molecule has 0 spiro atoms. The summed E-state index contributed by atoms with van der Waals surface area (Å²) in [6.07, 6.45) is -4.65. The Labute approximate surface area is 108 Å². The van der Waals surface area contributed by atoms with Gasteiger partial charge in [-0.05, 0) is 26.3 Å². The molecular formula is C14H13F3O2. The van der Waals surface area contributed by atoms with Crippen molar-refractivity contribution in [1.29, 1.82) is 0 Å². The molecule has 0 bridgehead atoms. The number of hydrogen-bond acceptors (Lipinski definition) is 2. The second-order valence-corrected chi connectivity index (χ2v) is 4.79. The minimum Gasteiger partial charge on any atom is -0.441 e. The molecule has 0 fully saturated rings. The van der Waals surface area contributed by atoms with Crippen LogP contribution in [-0.4, -0.2) is 17.7 Å². The Balaban J connectivity index is 2.62. The number of rotatable bonds is 1. The van der Waals surface area contributed by atoms with Crippen molar-refractivity contribution in [2.45, 2.75) is 32.5 Å². The number of ether oxygens (including phenoxy) is 1. The average molecular weight is 270 g/mol. The summed E-state index contributed by atoms with van der Waals surface area (Å²) in [4.78, 5) is 11.5. The number of hydrogen-bond donors (Lipinski definition) is 0. The Kier molecular flexibility index (Phi) is 2.96. The number of esters is 1. The molecule has 1 atom stereocenters. The van der Waals surface area contributed by atoms with Gasteiger partial charge in [-0.2, -0.15) is 13.2 Å². The maximum atomic E-state index is 13.2. The van der Waals surface area contributed by atoms with Gasteiger partial charge in [-0.3, -0.25) is 0 Å². The number of cyclic esters (lactones) is 1. The second-order valence-electron chi connectivity index (χ2n) is 4.79. The molecule has 0 radical (unpaired) electrons. The summed E-state index contributed by atoms with van der Waals surface area (Å²) in [5.74, 6) is -0.921. The standard InChI is InChI=1S/C14H13F3O2/c1-8-4-6-10(7-5-8)11-9(2)12(18)19-13(11,3)14(15,16)17/h4-7H,1-3H3. The van der Waals surface area contributed by atoms with E-state index in [-0.39, 0.29) is 11.1 Å². The van der Waals surface area contributed by atoms with E-state index < -0.39 is 17.7 Å². The van der Waals surface area contributed by atoms with Crippen molar-refractivity contribution < 1.29 is 22.7 Å². The zero-order valence-corrected chi connectivity index (χ0v) is 10.8. The molecule has 1 heterocycles. The van der Waals surface area contributed by atoms with Crippen molar-refractivity contribution in [3.05, 3.63) is 41.0 Å². The van der Waals surface area contributed by atoms with Crippen LogP contribution in [0.2, 0.25) is 0 Å². The van der Waals surface area contributed by atoms with Crippen LogP contribution in [0.15, 0.2) is 29.8 Å². The van der Waals surface area contributed by atoms with Crippen molar-refractivity contribution in [3.63, 3.8) is 0 Å². The topological polar surface area (TPSA) is 26.3 Å². The highest BCUT2D eigenvalue weighted by molar-refractivity contribution is 6.04. The first-order chi connectivity index (χ1) is 8.67. The fourth-order valence-electron chi connectivity index (χ4n) is 2.18. The zero-order chi connectivity index (χ0) is 14.4. The third-order valence-electron chi connectivity index (χ3n) is 3.34. The molecule has 0 N–H and O–H groups in total. The van der Waals surface area contributed by atoms with E-state index in [9.17, 15) is 18.0 Å². The van der Waals surface area contributed by atoms with Crippen LogP contribution in [0.1, 0.15) is 25.0 Å². The molecule has 0 aliphatic carbocycles. The van der Waals surface area contributed by atoms with Gasteiger partial charge in [0.05, 0.1) is 0 Å². The van der Waals surface area contributed by atoms with Crippen molar-refractivity contribution in [2.24, 2.45) is 0 Å². The molecule has 2 rings (SSSR count). The third-order valence-corrected chi connectivity index (χ3v) is 3.34. The zero-order valence-electron chi connectivity index (χ0n) is 10.8.